The number of halogens is 4. The van der Waals surface area contributed by atoms with Crippen LogP contribution in [-0.2, 0) is 5.88 Å². The molecule has 0 amide bonds. The molecular weight excluding hydrogens is 217 g/mol. The van der Waals surface area contributed by atoms with Crippen LogP contribution in [0.4, 0.5) is 13.2 Å². The maximum absolute atomic E-state index is 11.8. The molecule has 14 heavy (non-hydrogen) atoms. The van der Waals surface area contributed by atoms with Gasteiger partial charge in [0.15, 0.2) is 0 Å². The van der Waals surface area contributed by atoms with E-state index in [4.69, 9.17) is 11.6 Å². The molecule has 0 aliphatic carbocycles. The van der Waals surface area contributed by atoms with Crippen molar-refractivity contribution in [2.24, 2.45) is 0 Å². The summed E-state index contributed by atoms with van der Waals surface area (Å²) in [6, 6.07) is 4.09. The zero-order valence-electron chi connectivity index (χ0n) is 7.36. The van der Waals surface area contributed by atoms with Crippen molar-refractivity contribution in [3.05, 3.63) is 29.3 Å². The summed E-state index contributed by atoms with van der Waals surface area (Å²) in [4.78, 5) is 0. The normalized spacial score (nSPS) is 11.5. The van der Waals surface area contributed by atoms with Crippen LogP contribution in [0.5, 0.6) is 5.75 Å². The number of hydrogen-bond donors (Lipinski definition) is 0. The van der Waals surface area contributed by atoms with E-state index in [-0.39, 0.29) is 11.6 Å². The lowest BCUT2D eigenvalue weighted by Gasteiger charge is -2.10. The fourth-order valence-corrected chi connectivity index (χ4v) is 1.28. The zero-order valence-corrected chi connectivity index (χ0v) is 8.12. The van der Waals surface area contributed by atoms with Crippen LogP contribution in [0.25, 0.3) is 0 Å². The van der Waals surface area contributed by atoms with E-state index < -0.39 is 6.36 Å². The van der Waals surface area contributed by atoms with Gasteiger partial charge in [0.1, 0.15) is 5.75 Å². The van der Waals surface area contributed by atoms with Gasteiger partial charge in [0.05, 0.1) is 0 Å². The molecule has 5 heteroatoms. The molecule has 0 unspecified atom stereocenters. The molecule has 1 rings (SSSR count). The molecule has 1 aromatic rings. The average molecular weight is 225 g/mol. The maximum Gasteiger partial charge on any atom is 0.573 e. The average Bonchev–Trinajstić information content (AvgIpc) is 2.06. The van der Waals surface area contributed by atoms with Crippen molar-refractivity contribution < 1.29 is 17.9 Å². The third-order valence-electron chi connectivity index (χ3n) is 1.70. The molecule has 0 radical (unpaired) electrons. The number of ether oxygens (including phenoxy) is 1. The number of benzene rings is 1. The summed E-state index contributed by atoms with van der Waals surface area (Å²) < 4.78 is 39.2. The largest absolute Gasteiger partial charge is 0.573 e. The second kappa shape index (κ2) is 4.09. The van der Waals surface area contributed by atoms with Gasteiger partial charge in [0, 0.05) is 5.88 Å². The van der Waals surface area contributed by atoms with Gasteiger partial charge in [-0.05, 0) is 30.2 Å². The Kier molecular flexibility index (Phi) is 3.26. The molecule has 0 bridgehead atoms. The van der Waals surface area contributed by atoms with E-state index in [1.165, 1.54) is 12.1 Å². The smallest absolute Gasteiger partial charge is 0.406 e. The van der Waals surface area contributed by atoms with Gasteiger partial charge in [-0.3, -0.25) is 0 Å². The summed E-state index contributed by atoms with van der Waals surface area (Å²) >= 11 is 5.54. The van der Waals surface area contributed by atoms with Crippen LogP contribution in [0.3, 0.4) is 0 Å². The van der Waals surface area contributed by atoms with Gasteiger partial charge in [0.25, 0.3) is 0 Å². The summed E-state index contributed by atoms with van der Waals surface area (Å²) in [7, 11) is 0. The topological polar surface area (TPSA) is 9.23 Å². The van der Waals surface area contributed by atoms with E-state index in [2.05, 4.69) is 4.74 Å². The zero-order chi connectivity index (χ0) is 10.8. The minimum absolute atomic E-state index is 0.168. The maximum atomic E-state index is 11.8. The molecular formula is C9H8ClF3O. The van der Waals surface area contributed by atoms with E-state index in [9.17, 15) is 13.2 Å². The van der Waals surface area contributed by atoms with Gasteiger partial charge in [-0.15, -0.1) is 24.8 Å². The molecule has 1 aromatic carbocycles. The van der Waals surface area contributed by atoms with Crippen molar-refractivity contribution in [1.82, 2.24) is 0 Å². The summed E-state index contributed by atoms with van der Waals surface area (Å²) in [6.45, 7) is 1.77. The molecule has 0 saturated carbocycles. The molecule has 0 N–H and O–H groups in total. The van der Waals surface area contributed by atoms with E-state index >= 15 is 0 Å². The second-order valence-electron chi connectivity index (χ2n) is 2.77. The summed E-state index contributed by atoms with van der Waals surface area (Å²) in [5.41, 5.74) is 1.47. The summed E-state index contributed by atoms with van der Waals surface area (Å²) in [5.74, 6) is -0.0697. The van der Waals surface area contributed by atoms with Gasteiger partial charge in [0.2, 0.25) is 0 Å². The third-order valence-corrected chi connectivity index (χ3v) is 1.99. The lowest BCUT2D eigenvalue weighted by Crippen LogP contribution is -2.17. The van der Waals surface area contributed by atoms with Crippen molar-refractivity contribution in [1.29, 1.82) is 0 Å². The Morgan fingerprint density at radius 1 is 1.36 bits per heavy atom. The first-order valence-corrected chi connectivity index (χ1v) is 4.37. The second-order valence-corrected chi connectivity index (χ2v) is 3.04. The molecule has 0 aliphatic heterocycles. The van der Waals surface area contributed by atoms with Crippen LogP contribution in [0.2, 0.25) is 0 Å². The predicted octanol–water partition coefficient (Wildman–Crippen LogP) is 3.63. The molecule has 0 aromatic heterocycles. The fourth-order valence-electron chi connectivity index (χ4n) is 0.989. The molecule has 0 atom stereocenters. The first-order valence-electron chi connectivity index (χ1n) is 3.83. The first-order chi connectivity index (χ1) is 6.42. The summed E-state index contributed by atoms with van der Waals surface area (Å²) in [5, 5.41) is 0. The van der Waals surface area contributed by atoms with Crippen LogP contribution < -0.4 is 4.74 Å². The highest BCUT2D eigenvalue weighted by Gasteiger charge is 2.31. The van der Waals surface area contributed by atoms with E-state index in [1.807, 2.05) is 0 Å². The highest BCUT2D eigenvalue weighted by Crippen LogP contribution is 2.25. The van der Waals surface area contributed by atoms with Crippen molar-refractivity contribution in [2.45, 2.75) is 19.2 Å². The van der Waals surface area contributed by atoms with Gasteiger partial charge in [-0.25, -0.2) is 0 Å². The number of aryl methyl sites for hydroxylation is 1. The summed E-state index contributed by atoms with van der Waals surface area (Å²) in [6.07, 6.45) is -4.65. The van der Waals surface area contributed by atoms with Crippen LogP contribution in [0.1, 0.15) is 11.1 Å². The lowest BCUT2D eigenvalue weighted by molar-refractivity contribution is -0.274. The monoisotopic (exact) mass is 224 g/mol. The molecule has 0 spiro atoms. The minimum Gasteiger partial charge on any atom is -0.406 e. The van der Waals surface area contributed by atoms with Crippen LogP contribution >= 0.6 is 11.6 Å². The lowest BCUT2D eigenvalue weighted by atomic mass is 10.1. The van der Waals surface area contributed by atoms with E-state index in [1.54, 1.807) is 13.0 Å². The number of alkyl halides is 4. The van der Waals surface area contributed by atoms with Crippen LogP contribution in [0.15, 0.2) is 18.2 Å². The van der Waals surface area contributed by atoms with Gasteiger partial charge in [-0.2, -0.15) is 0 Å². The Morgan fingerprint density at radius 3 is 2.50 bits per heavy atom. The van der Waals surface area contributed by atoms with Crippen molar-refractivity contribution in [2.75, 3.05) is 0 Å². The van der Waals surface area contributed by atoms with E-state index in [0.717, 1.165) is 5.56 Å². The Morgan fingerprint density at radius 2 is 2.00 bits per heavy atom. The SMILES string of the molecule is Cc1ccc(OC(F)(F)F)cc1CCl. The molecule has 0 aliphatic rings. The fraction of sp³-hybridized carbons (Fsp3) is 0.333. The Hall–Kier alpha value is -0.900. The standard InChI is InChI=1S/C9H8ClF3O/c1-6-2-3-8(4-7(6)5-10)14-9(11,12)13/h2-4H,5H2,1H3. The predicted molar refractivity (Wildman–Crippen MR) is 47.4 cm³/mol. The highest BCUT2D eigenvalue weighted by atomic mass is 35.5. The molecule has 78 valence electrons. The van der Waals surface area contributed by atoms with Crippen LogP contribution in [0, 0.1) is 6.92 Å². The van der Waals surface area contributed by atoms with E-state index in [0.29, 0.717) is 5.56 Å². The Balaban J connectivity index is 2.90. The van der Waals surface area contributed by atoms with Crippen molar-refractivity contribution >= 4 is 11.6 Å². The molecule has 1 nitrogen and oxygen atoms in total. The van der Waals surface area contributed by atoms with Crippen molar-refractivity contribution in [3.8, 4) is 5.75 Å². The number of hydrogen-bond acceptors (Lipinski definition) is 1. The first kappa shape index (κ1) is 11.2. The van der Waals surface area contributed by atoms with Crippen molar-refractivity contribution in [3.63, 3.8) is 0 Å². The quantitative estimate of drug-likeness (QED) is 0.697. The number of rotatable bonds is 2. The highest BCUT2D eigenvalue weighted by molar-refractivity contribution is 6.17. The van der Waals surface area contributed by atoms with Gasteiger partial charge >= 0.3 is 6.36 Å². The Labute approximate surface area is 84.4 Å². The molecule has 0 heterocycles. The molecule has 0 fully saturated rings. The van der Waals surface area contributed by atoms with Gasteiger partial charge < -0.3 is 4.74 Å². The van der Waals surface area contributed by atoms with Crippen LogP contribution in [-0.4, -0.2) is 6.36 Å². The molecule has 0 saturated heterocycles. The Bertz CT molecular complexity index is 322. The minimum atomic E-state index is -4.65. The van der Waals surface area contributed by atoms with Gasteiger partial charge in [-0.1, -0.05) is 6.07 Å². The third kappa shape index (κ3) is 3.10.